The van der Waals surface area contributed by atoms with Gasteiger partial charge in [0, 0.05) is 26.2 Å². The van der Waals surface area contributed by atoms with E-state index in [4.69, 9.17) is 4.74 Å². The summed E-state index contributed by atoms with van der Waals surface area (Å²) >= 11 is 0. The highest BCUT2D eigenvalue weighted by atomic mass is 16.5. The van der Waals surface area contributed by atoms with Gasteiger partial charge in [-0.05, 0) is 24.7 Å². The summed E-state index contributed by atoms with van der Waals surface area (Å²) in [6.07, 6.45) is 0.253. The van der Waals surface area contributed by atoms with Gasteiger partial charge < -0.3 is 19.7 Å². The SMILES string of the molecule is COC(=O)c1ccc(CNCC2CN(C)CCO2)cc1. The molecule has 5 heteroatoms. The molecule has 0 bridgehead atoms. The second-order valence-corrected chi connectivity index (χ2v) is 5.07. The van der Waals surface area contributed by atoms with Gasteiger partial charge in [-0.1, -0.05) is 12.1 Å². The fraction of sp³-hybridized carbons (Fsp3) is 0.533. The molecule has 1 aromatic rings. The summed E-state index contributed by atoms with van der Waals surface area (Å²) in [4.78, 5) is 13.6. The van der Waals surface area contributed by atoms with Crippen LogP contribution in [0, 0.1) is 0 Å². The first kappa shape index (κ1) is 15.0. The summed E-state index contributed by atoms with van der Waals surface area (Å²) in [5, 5.41) is 3.39. The number of morpholine rings is 1. The number of methoxy groups -OCH3 is 1. The van der Waals surface area contributed by atoms with Gasteiger partial charge in [0.25, 0.3) is 0 Å². The van der Waals surface area contributed by atoms with E-state index < -0.39 is 0 Å². The number of carbonyl (C=O) groups excluding carboxylic acids is 1. The second-order valence-electron chi connectivity index (χ2n) is 5.07. The number of carbonyl (C=O) groups is 1. The van der Waals surface area contributed by atoms with Crippen LogP contribution in [0.3, 0.4) is 0 Å². The van der Waals surface area contributed by atoms with Crippen LogP contribution >= 0.6 is 0 Å². The molecule has 0 saturated carbocycles. The van der Waals surface area contributed by atoms with E-state index in [0.29, 0.717) is 5.56 Å². The van der Waals surface area contributed by atoms with Crippen LogP contribution in [0.2, 0.25) is 0 Å². The van der Waals surface area contributed by atoms with Gasteiger partial charge in [0.15, 0.2) is 0 Å². The van der Waals surface area contributed by atoms with Crippen molar-refractivity contribution < 1.29 is 14.3 Å². The largest absolute Gasteiger partial charge is 0.465 e. The second kappa shape index (κ2) is 7.38. The summed E-state index contributed by atoms with van der Waals surface area (Å²) in [5.74, 6) is -0.303. The zero-order valence-electron chi connectivity index (χ0n) is 12.1. The standard InChI is InChI=1S/C15H22N2O3/c1-17-7-8-20-14(11-17)10-16-9-12-3-5-13(6-4-12)15(18)19-2/h3-6,14,16H,7-11H2,1-2H3. The third kappa shape index (κ3) is 4.30. The highest BCUT2D eigenvalue weighted by Gasteiger charge is 2.16. The summed E-state index contributed by atoms with van der Waals surface area (Å²) in [6.45, 7) is 4.38. The van der Waals surface area contributed by atoms with Crippen molar-refractivity contribution in [1.82, 2.24) is 10.2 Å². The van der Waals surface area contributed by atoms with Crippen molar-refractivity contribution in [3.63, 3.8) is 0 Å². The molecule has 1 aromatic carbocycles. The number of ether oxygens (including phenoxy) is 2. The summed E-state index contributed by atoms with van der Waals surface area (Å²) in [5.41, 5.74) is 1.72. The van der Waals surface area contributed by atoms with Crippen LogP contribution in [-0.2, 0) is 16.0 Å². The maximum atomic E-state index is 11.3. The molecule has 0 aromatic heterocycles. The first-order valence-corrected chi connectivity index (χ1v) is 6.87. The van der Waals surface area contributed by atoms with E-state index in [-0.39, 0.29) is 12.1 Å². The molecule has 1 heterocycles. The zero-order valence-corrected chi connectivity index (χ0v) is 12.1. The first-order valence-electron chi connectivity index (χ1n) is 6.87. The van der Waals surface area contributed by atoms with Crippen molar-refractivity contribution in [2.45, 2.75) is 12.6 Å². The van der Waals surface area contributed by atoms with Gasteiger partial charge in [0.1, 0.15) is 0 Å². The number of esters is 1. The lowest BCUT2D eigenvalue weighted by molar-refractivity contribution is -0.0182. The molecule has 0 aliphatic carbocycles. The molecule has 0 amide bonds. The number of hydrogen-bond donors (Lipinski definition) is 1. The molecule has 1 N–H and O–H groups in total. The van der Waals surface area contributed by atoms with Gasteiger partial charge in [-0.25, -0.2) is 4.79 Å². The van der Waals surface area contributed by atoms with Crippen molar-refractivity contribution in [2.24, 2.45) is 0 Å². The molecule has 1 aliphatic heterocycles. The third-order valence-corrected chi connectivity index (χ3v) is 3.42. The van der Waals surface area contributed by atoms with Crippen molar-refractivity contribution in [2.75, 3.05) is 40.4 Å². The Labute approximate surface area is 119 Å². The molecule has 110 valence electrons. The predicted octanol–water partition coefficient (Wildman–Crippen LogP) is 0.893. The molecule has 20 heavy (non-hydrogen) atoms. The summed E-state index contributed by atoms with van der Waals surface area (Å²) < 4.78 is 10.4. The number of likely N-dealkylation sites (N-methyl/N-ethyl adjacent to an activating group) is 1. The summed E-state index contributed by atoms with van der Waals surface area (Å²) in [6, 6.07) is 7.45. The van der Waals surface area contributed by atoms with Crippen molar-refractivity contribution in [3.8, 4) is 0 Å². The Balaban J connectivity index is 1.75. The number of nitrogens with zero attached hydrogens (tertiary/aromatic N) is 1. The summed E-state index contributed by atoms with van der Waals surface area (Å²) in [7, 11) is 3.50. The van der Waals surface area contributed by atoms with E-state index in [1.807, 2.05) is 12.1 Å². The Morgan fingerprint density at radius 2 is 2.20 bits per heavy atom. The van der Waals surface area contributed by atoms with Crippen LogP contribution in [0.25, 0.3) is 0 Å². The number of rotatable bonds is 5. The average Bonchev–Trinajstić information content (AvgIpc) is 2.47. The zero-order chi connectivity index (χ0) is 14.4. The van der Waals surface area contributed by atoms with Crippen LogP contribution in [0.15, 0.2) is 24.3 Å². The maximum absolute atomic E-state index is 11.3. The predicted molar refractivity (Wildman–Crippen MR) is 76.7 cm³/mol. The quantitative estimate of drug-likeness (QED) is 0.811. The number of hydrogen-bond acceptors (Lipinski definition) is 5. The minimum atomic E-state index is -0.303. The van der Waals surface area contributed by atoms with Crippen LogP contribution in [0.5, 0.6) is 0 Å². The highest BCUT2D eigenvalue weighted by Crippen LogP contribution is 2.06. The molecular weight excluding hydrogens is 256 g/mol. The first-order chi connectivity index (χ1) is 9.69. The topological polar surface area (TPSA) is 50.8 Å². The van der Waals surface area contributed by atoms with Gasteiger partial charge in [-0.15, -0.1) is 0 Å². The molecular formula is C15H22N2O3. The van der Waals surface area contributed by atoms with Crippen LogP contribution in [0.4, 0.5) is 0 Å². The lowest BCUT2D eigenvalue weighted by Gasteiger charge is -2.30. The van der Waals surface area contributed by atoms with Gasteiger partial charge in [-0.2, -0.15) is 0 Å². The Hall–Kier alpha value is -1.43. The minimum absolute atomic E-state index is 0.253. The van der Waals surface area contributed by atoms with Crippen LogP contribution < -0.4 is 5.32 Å². The van der Waals surface area contributed by atoms with E-state index in [9.17, 15) is 4.79 Å². The molecule has 1 fully saturated rings. The molecule has 2 rings (SSSR count). The number of nitrogens with one attached hydrogen (secondary N) is 1. The molecule has 0 radical (unpaired) electrons. The Morgan fingerprint density at radius 1 is 1.45 bits per heavy atom. The van der Waals surface area contributed by atoms with E-state index in [1.54, 1.807) is 12.1 Å². The molecule has 0 spiro atoms. The van der Waals surface area contributed by atoms with E-state index in [1.165, 1.54) is 7.11 Å². The van der Waals surface area contributed by atoms with Gasteiger partial charge in [0.05, 0.1) is 25.4 Å². The smallest absolute Gasteiger partial charge is 0.337 e. The highest BCUT2D eigenvalue weighted by molar-refractivity contribution is 5.89. The average molecular weight is 278 g/mol. The Morgan fingerprint density at radius 3 is 2.85 bits per heavy atom. The van der Waals surface area contributed by atoms with Crippen LogP contribution in [0.1, 0.15) is 15.9 Å². The van der Waals surface area contributed by atoms with Crippen LogP contribution in [-0.4, -0.2) is 57.4 Å². The lowest BCUT2D eigenvalue weighted by atomic mass is 10.1. The van der Waals surface area contributed by atoms with Crippen molar-refractivity contribution in [1.29, 1.82) is 0 Å². The van der Waals surface area contributed by atoms with E-state index in [0.717, 1.165) is 38.3 Å². The van der Waals surface area contributed by atoms with E-state index >= 15 is 0 Å². The minimum Gasteiger partial charge on any atom is -0.465 e. The van der Waals surface area contributed by atoms with Gasteiger partial charge in [-0.3, -0.25) is 0 Å². The molecule has 1 atom stereocenters. The van der Waals surface area contributed by atoms with E-state index in [2.05, 4.69) is 22.0 Å². The normalized spacial score (nSPS) is 19.8. The molecule has 5 nitrogen and oxygen atoms in total. The molecule has 1 saturated heterocycles. The molecule has 1 unspecified atom stereocenters. The Kier molecular flexibility index (Phi) is 5.52. The lowest BCUT2D eigenvalue weighted by Crippen LogP contribution is -2.44. The Bertz CT molecular complexity index is 433. The van der Waals surface area contributed by atoms with Crippen molar-refractivity contribution in [3.05, 3.63) is 35.4 Å². The van der Waals surface area contributed by atoms with Gasteiger partial charge >= 0.3 is 5.97 Å². The monoisotopic (exact) mass is 278 g/mol. The van der Waals surface area contributed by atoms with Gasteiger partial charge in [0.2, 0.25) is 0 Å². The third-order valence-electron chi connectivity index (χ3n) is 3.42. The fourth-order valence-electron chi connectivity index (χ4n) is 2.24. The maximum Gasteiger partial charge on any atom is 0.337 e. The molecule has 1 aliphatic rings. The number of benzene rings is 1. The fourth-order valence-corrected chi connectivity index (χ4v) is 2.24. The van der Waals surface area contributed by atoms with Crippen molar-refractivity contribution >= 4 is 5.97 Å².